The van der Waals surface area contributed by atoms with Gasteiger partial charge in [0.15, 0.2) is 5.69 Å². The van der Waals surface area contributed by atoms with Crippen LogP contribution in [0.2, 0.25) is 0 Å². The molecule has 2 heterocycles. The summed E-state index contributed by atoms with van der Waals surface area (Å²) in [4.78, 5) is 27.2. The molecule has 0 unspecified atom stereocenters. The lowest BCUT2D eigenvalue weighted by molar-refractivity contribution is -0.139. The van der Waals surface area contributed by atoms with Gasteiger partial charge >= 0.3 is 0 Å². The Kier molecular flexibility index (Phi) is 5.89. The van der Waals surface area contributed by atoms with E-state index in [1.165, 1.54) is 6.42 Å². The van der Waals surface area contributed by atoms with E-state index in [9.17, 15) is 14.7 Å². The zero-order valence-corrected chi connectivity index (χ0v) is 16.4. The number of nitrogens with one attached hydrogen (secondary N) is 1. The van der Waals surface area contributed by atoms with Crippen LogP contribution in [0.25, 0.3) is 5.69 Å². The number of aromatic nitrogens is 3. The predicted octanol–water partition coefficient (Wildman–Crippen LogP) is 1.54. The van der Waals surface area contributed by atoms with Gasteiger partial charge in [-0.1, -0.05) is 23.4 Å². The smallest absolute Gasteiger partial charge is 0.273 e. The van der Waals surface area contributed by atoms with Gasteiger partial charge in [0, 0.05) is 19.0 Å². The van der Waals surface area contributed by atoms with Crippen molar-refractivity contribution in [3.63, 3.8) is 0 Å². The summed E-state index contributed by atoms with van der Waals surface area (Å²) in [7, 11) is 0. The molecule has 1 aromatic carbocycles. The van der Waals surface area contributed by atoms with Crippen molar-refractivity contribution in [2.45, 2.75) is 50.7 Å². The second-order valence-corrected chi connectivity index (χ2v) is 7.93. The maximum Gasteiger partial charge on any atom is 0.273 e. The van der Waals surface area contributed by atoms with E-state index in [4.69, 9.17) is 0 Å². The summed E-state index contributed by atoms with van der Waals surface area (Å²) in [5.41, 5.74) is 1.02. The fourth-order valence-corrected chi connectivity index (χ4v) is 4.23. The number of para-hydroxylation sites is 1. The number of benzene rings is 1. The third kappa shape index (κ3) is 4.48. The lowest BCUT2D eigenvalue weighted by Crippen LogP contribution is -2.50. The fraction of sp³-hybridized carbons (Fsp3) is 0.524. The standard InChI is InChI=1S/C21H27N5O3/c27-19-13-15(21(29)25-11-5-2-6-12-25)9-10-17(19)22-20(28)18-14-26(24-23-18)16-7-3-1-4-8-16/h1,3-4,7-8,14-15,17,19,27H,2,5-6,9-13H2,(H,22,28)/t15-,17-,19-/m0/s1. The van der Waals surface area contributed by atoms with Crippen LogP contribution in [-0.2, 0) is 4.79 Å². The van der Waals surface area contributed by atoms with Crippen LogP contribution in [0.5, 0.6) is 0 Å². The number of hydrogen-bond acceptors (Lipinski definition) is 5. The van der Waals surface area contributed by atoms with Gasteiger partial charge in [-0.2, -0.15) is 0 Å². The van der Waals surface area contributed by atoms with Gasteiger partial charge in [0.25, 0.3) is 5.91 Å². The van der Waals surface area contributed by atoms with E-state index in [0.29, 0.717) is 19.3 Å². The first-order valence-corrected chi connectivity index (χ1v) is 10.4. The predicted molar refractivity (Wildman–Crippen MR) is 106 cm³/mol. The van der Waals surface area contributed by atoms with Crippen LogP contribution in [0.4, 0.5) is 0 Å². The SMILES string of the molecule is O=C(N[C@H]1CC[C@H](C(=O)N2CCCCC2)C[C@@H]1O)c1cn(-c2ccccc2)nn1. The van der Waals surface area contributed by atoms with Crippen LogP contribution in [-0.4, -0.2) is 62.0 Å². The van der Waals surface area contributed by atoms with Gasteiger partial charge < -0.3 is 15.3 Å². The van der Waals surface area contributed by atoms with E-state index in [0.717, 1.165) is 31.6 Å². The summed E-state index contributed by atoms with van der Waals surface area (Å²) >= 11 is 0. The Labute approximate surface area is 169 Å². The second-order valence-electron chi connectivity index (χ2n) is 7.93. The summed E-state index contributed by atoms with van der Waals surface area (Å²) in [6.07, 6.45) is 5.76. The van der Waals surface area contributed by atoms with E-state index in [1.807, 2.05) is 35.2 Å². The summed E-state index contributed by atoms with van der Waals surface area (Å²) in [5, 5.41) is 21.3. The number of carbonyl (C=O) groups excluding carboxylic acids is 2. The van der Waals surface area contributed by atoms with Gasteiger partial charge in [-0.15, -0.1) is 5.10 Å². The minimum absolute atomic E-state index is 0.152. The molecule has 2 aliphatic rings. The maximum absolute atomic E-state index is 12.7. The molecule has 0 spiro atoms. The van der Waals surface area contributed by atoms with Crippen molar-refractivity contribution >= 4 is 11.8 Å². The molecule has 1 saturated carbocycles. The van der Waals surface area contributed by atoms with Gasteiger partial charge in [0.1, 0.15) is 0 Å². The summed E-state index contributed by atoms with van der Waals surface area (Å²) in [6, 6.07) is 9.05. The summed E-state index contributed by atoms with van der Waals surface area (Å²) in [5.74, 6) is -0.369. The minimum atomic E-state index is -0.740. The van der Waals surface area contributed by atoms with Crippen molar-refractivity contribution in [3.05, 3.63) is 42.2 Å². The quantitative estimate of drug-likeness (QED) is 0.815. The number of likely N-dealkylation sites (tertiary alicyclic amines) is 1. The lowest BCUT2D eigenvalue weighted by Gasteiger charge is -2.36. The Morgan fingerprint density at radius 1 is 1.07 bits per heavy atom. The van der Waals surface area contributed by atoms with E-state index in [1.54, 1.807) is 10.9 Å². The highest BCUT2D eigenvalue weighted by Crippen LogP contribution is 2.28. The molecule has 1 aliphatic heterocycles. The average Bonchev–Trinajstić information content (AvgIpc) is 3.26. The minimum Gasteiger partial charge on any atom is -0.391 e. The highest BCUT2D eigenvalue weighted by atomic mass is 16.3. The third-order valence-electron chi connectivity index (χ3n) is 5.90. The van der Waals surface area contributed by atoms with Gasteiger partial charge in [-0.3, -0.25) is 9.59 Å². The van der Waals surface area contributed by atoms with Crippen LogP contribution in [0, 0.1) is 5.92 Å². The zero-order chi connectivity index (χ0) is 20.2. The van der Waals surface area contributed by atoms with Crippen LogP contribution >= 0.6 is 0 Å². The first kappa shape index (κ1) is 19.6. The molecule has 4 rings (SSSR count). The highest BCUT2D eigenvalue weighted by Gasteiger charge is 2.36. The Morgan fingerprint density at radius 3 is 2.55 bits per heavy atom. The molecule has 1 aromatic heterocycles. The topological polar surface area (TPSA) is 100 Å². The molecule has 2 aromatic rings. The number of nitrogens with zero attached hydrogens (tertiary/aromatic N) is 4. The number of amides is 2. The Hall–Kier alpha value is -2.74. The lowest BCUT2D eigenvalue weighted by atomic mass is 9.82. The monoisotopic (exact) mass is 397 g/mol. The normalized spacial score (nSPS) is 24.9. The highest BCUT2D eigenvalue weighted by molar-refractivity contribution is 5.92. The number of piperidine rings is 1. The van der Waals surface area contributed by atoms with E-state index >= 15 is 0 Å². The molecule has 0 bridgehead atoms. The Bertz CT molecular complexity index is 847. The molecule has 8 heteroatoms. The van der Waals surface area contributed by atoms with E-state index < -0.39 is 6.10 Å². The molecule has 2 fully saturated rings. The number of carbonyl (C=O) groups is 2. The molecule has 8 nitrogen and oxygen atoms in total. The molecule has 1 aliphatic carbocycles. The molecule has 2 N–H and O–H groups in total. The Morgan fingerprint density at radius 2 is 1.83 bits per heavy atom. The maximum atomic E-state index is 12.7. The van der Waals surface area contributed by atoms with E-state index in [2.05, 4.69) is 15.6 Å². The van der Waals surface area contributed by atoms with E-state index in [-0.39, 0.29) is 29.5 Å². The summed E-state index contributed by atoms with van der Waals surface area (Å²) < 4.78 is 1.54. The van der Waals surface area contributed by atoms with Crippen LogP contribution in [0.15, 0.2) is 36.5 Å². The molecule has 0 radical (unpaired) electrons. The van der Waals surface area contributed by atoms with Gasteiger partial charge in [-0.25, -0.2) is 4.68 Å². The number of aliphatic hydroxyl groups is 1. The van der Waals surface area contributed by atoms with Crippen molar-refractivity contribution in [1.82, 2.24) is 25.2 Å². The molecular formula is C21H27N5O3. The first-order chi connectivity index (χ1) is 14.1. The van der Waals surface area contributed by atoms with Crippen molar-refractivity contribution in [2.24, 2.45) is 5.92 Å². The van der Waals surface area contributed by atoms with Crippen molar-refractivity contribution in [3.8, 4) is 5.69 Å². The Balaban J connectivity index is 1.33. The number of hydrogen-bond donors (Lipinski definition) is 2. The molecule has 2 amide bonds. The summed E-state index contributed by atoms with van der Waals surface area (Å²) in [6.45, 7) is 1.64. The molecular weight excluding hydrogens is 370 g/mol. The van der Waals surface area contributed by atoms with Gasteiger partial charge in [0.2, 0.25) is 5.91 Å². The first-order valence-electron chi connectivity index (χ1n) is 10.4. The van der Waals surface area contributed by atoms with Crippen LogP contribution < -0.4 is 5.32 Å². The van der Waals surface area contributed by atoms with Gasteiger partial charge in [-0.05, 0) is 50.7 Å². The zero-order valence-electron chi connectivity index (χ0n) is 16.4. The van der Waals surface area contributed by atoms with Crippen LogP contribution in [0.3, 0.4) is 0 Å². The fourth-order valence-electron chi connectivity index (χ4n) is 4.23. The second kappa shape index (κ2) is 8.73. The number of rotatable bonds is 4. The third-order valence-corrected chi connectivity index (χ3v) is 5.90. The van der Waals surface area contributed by atoms with Crippen LogP contribution in [0.1, 0.15) is 49.0 Å². The van der Waals surface area contributed by atoms with Crippen molar-refractivity contribution in [1.29, 1.82) is 0 Å². The molecule has 154 valence electrons. The largest absolute Gasteiger partial charge is 0.391 e. The molecule has 29 heavy (non-hydrogen) atoms. The number of aliphatic hydroxyl groups excluding tert-OH is 1. The average molecular weight is 397 g/mol. The van der Waals surface area contributed by atoms with Crippen molar-refractivity contribution in [2.75, 3.05) is 13.1 Å². The van der Waals surface area contributed by atoms with Crippen molar-refractivity contribution < 1.29 is 14.7 Å². The molecule has 1 saturated heterocycles. The molecule has 3 atom stereocenters. The van der Waals surface area contributed by atoms with Gasteiger partial charge in [0.05, 0.1) is 24.0 Å².